The summed E-state index contributed by atoms with van der Waals surface area (Å²) in [5, 5.41) is 8.32. The van der Waals surface area contributed by atoms with Crippen molar-refractivity contribution < 1.29 is 0 Å². The second-order valence-corrected chi connectivity index (χ2v) is 6.61. The van der Waals surface area contributed by atoms with Crippen LogP contribution in [-0.2, 0) is 0 Å². The number of thiazole rings is 1. The zero-order chi connectivity index (χ0) is 18.5. The number of aryl methyl sites for hydroxylation is 1. The van der Waals surface area contributed by atoms with Gasteiger partial charge in [-0.1, -0.05) is 46.3 Å². The van der Waals surface area contributed by atoms with Crippen LogP contribution in [0.4, 0.5) is 5.82 Å². The second-order valence-electron chi connectivity index (χ2n) is 5.37. The van der Waals surface area contributed by atoms with Crippen molar-refractivity contribution in [2.45, 2.75) is 47.5 Å². The van der Waals surface area contributed by atoms with E-state index < -0.39 is 0 Å². The molecule has 2 heterocycles. The summed E-state index contributed by atoms with van der Waals surface area (Å²) in [7, 11) is 0. The van der Waals surface area contributed by atoms with Crippen LogP contribution in [0.15, 0.2) is 19.1 Å². The minimum Gasteiger partial charge on any atom is -0.383 e. The van der Waals surface area contributed by atoms with E-state index >= 15 is 0 Å². The van der Waals surface area contributed by atoms with E-state index in [0.29, 0.717) is 5.82 Å². The molecule has 0 aliphatic heterocycles. The lowest BCUT2D eigenvalue weighted by molar-refractivity contribution is 0.576. The summed E-state index contributed by atoms with van der Waals surface area (Å²) in [6.07, 6.45) is 7.61. The zero-order valence-electron chi connectivity index (χ0n) is 15.2. The normalized spacial score (nSPS) is 9.21. The lowest BCUT2D eigenvalue weighted by Crippen LogP contribution is -1.97. The van der Waals surface area contributed by atoms with Gasteiger partial charge in [-0.2, -0.15) is 5.26 Å². The Labute approximate surface area is 149 Å². The molecule has 24 heavy (non-hydrogen) atoms. The summed E-state index contributed by atoms with van der Waals surface area (Å²) >= 11 is 1.57. The maximum atomic E-state index is 7.32. The van der Waals surface area contributed by atoms with E-state index in [1.54, 1.807) is 29.7 Å². The molecule has 2 aromatic rings. The van der Waals surface area contributed by atoms with Crippen molar-refractivity contribution in [3.05, 3.63) is 29.7 Å². The van der Waals surface area contributed by atoms with Gasteiger partial charge < -0.3 is 5.73 Å². The maximum Gasteiger partial charge on any atom is 0.134 e. The highest BCUT2D eigenvalue weighted by atomic mass is 32.1. The van der Waals surface area contributed by atoms with E-state index in [1.807, 2.05) is 6.92 Å². The van der Waals surface area contributed by atoms with E-state index in [0.717, 1.165) is 27.1 Å². The van der Waals surface area contributed by atoms with E-state index in [2.05, 4.69) is 42.3 Å². The van der Waals surface area contributed by atoms with Crippen LogP contribution in [0.2, 0.25) is 0 Å². The van der Waals surface area contributed by atoms with E-state index in [9.17, 15) is 0 Å². The molecule has 5 nitrogen and oxygen atoms in total. The molecule has 0 radical (unpaired) electrons. The monoisotopic (exact) mass is 345 g/mol. The highest BCUT2D eigenvalue weighted by molar-refractivity contribution is 7.15. The molecule has 0 bridgehead atoms. The van der Waals surface area contributed by atoms with Crippen molar-refractivity contribution in [1.29, 1.82) is 5.26 Å². The molecule has 0 aliphatic carbocycles. The Bertz CT molecular complexity index is 656. The number of nitrogens with zero attached hydrogens (tertiary/aromatic N) is 4. The average molecular weight is 346 g/mol. The molecule has 0 saturated carbocycles. The van der Waals surface area contributed by atoms with Gasteiger partial charge in [-0.15, -0.1) is 11.3 Å². The van der Waals surface area contributed by atoms with Gasteiger partial charge in [0.25, 0.3) is 0 Å². The molecular formula is C18H27N5S. The van der Waals surface area contributed by atoms with E-state index in [-0.39, 0.29) is 0 Å². The minimum atomic E-state index is 0.445. The summed E-state index contributed by atoms with van der Waals surface area (Å²) in [5.41, 5.74) is 7.30. The first-order chi connectivity index (χ1) is 11.4. The molecule has 0 aliphatic rings. The van der Waals surface area contributed by atoms with Crippen LogP contribution in [0.25, 0.3) is 16.6 Å². The third-order valence-corrected chi connectivity index (χ3v) is 3.76. The lowest BCUT2D eigenvalue weighted by Gasteiger charge is -2.03. The number of nitrogen functional groups attached to an aromatic ring is 1. The molecule has 0 amide bonds. The van der Waals surface area contributed by atoms with Gasteiger partial charge in [-0.3, -0.25) is 0 Å². The number of nitriles is 1. The largest absolute Gasteiger partial charge is 0.383 e. The fraction of sp³-hybridized carbons (Fsp3) is 0.444. The first-order valence-electron chi connectivity index (χ1n) is 7.87. The topological polar surface area (TPSA) is 88.5 Å². The summed E-state index contributed by atoms with van der Waals surface area (Å²) in [6, 6.07) is 1.75. The van der Waals surface area contributed by atoms with Crippen LogP contribution in [0.5, 0.6) is 0 Å². The van der Waals surface area contributed by atoms with Crippen LogP contribution in [0, 0.1) is 24.2 Å². The summed E-state index contributed by atoms with van der Waals surface area (Å²) in [4.78, 5) is 13.3. The SMILES string of the molecule is C=Cc1c(N)ncnc1-c1cnc(C)s1.CC#N.CCCC(C)C. The maximum absolute atomic E-state index is 7.32. The van der Waals surface area contributed by atoms with Crippen LogP contribution in [0.1, 0.15) is 51.1 Å². The van der Waals surface area contributed by atoms with Crippen LogP contribution >= 0.6 is 11.3 Å². The highest BCUT2D eigenvalue weighted by Gasteiger charge is 2.10. The van der Waals surface area contributed by atoms with Crippen molar-refractivity contribution >= 4 is 23.2 Å². The Balaban J connectivity index is 0.000000495. The van der Waals surface area contributed by atoms with Gasteiger partial charge in [0, 0.05) is 18.7 Å². The highest BCUT2D eigenvalue weighted by Crippen LogP contribution is 2.29. The predicted octanol–water partition coefficient (Wildman–Crippen LogP) is 5.11. The third-order valence-electron chi connectivity index (χ3n) is 2.84. The summed E-state index contributed by atoms with van der Waals surface area (Å²) < 4.78 is 0. The third kappa shape index (κ3) is 7.84. The quantitative estimate of drug-likeness (QED) is 0.832. The number of nitrogens with two attached hydrogens (primary N) is 1. The Morgan fingerprint density at radius 1 is 1.38 bits per heavy atom. The molecule has 2 aromatic heterocycles. The second kappa shape index (κ2) is 12.2. The average Bonchev–Trinajstić information content (AvgIpc) is 2.94. The van der Waals surface area contributed by atoms with Gasteiger partial charge in [0.1, 0.15) is 12.1 Å². The molecule has 0 fully saturated rings. The Morgan fingerprint density at radius 2 is 2.00 bits per heavy atom. The number of aromatic nitrogens is 3. The molecule has 0 atom stereocenters. The molecule has 0 aromatic carbocycles. The molecule has 2 rings (SSSR count). The molecular weight excluding hydrogens is 318 g/mol. The fourth-order valence-corrected chi connectivity index (χ4v) is 2.64. The van der Waals surface area contributed by atoms with Crippen LogP contribution in [-0.4, -0.2) is 15.0 Å². The predicted molar refractivity (Wildman–Crippen MR) is 103 cm³/mol. The Morgan fingerprint density at radius 3 is 2.38 bits per heavy atom. The van der Waals surface area contributed by atoms with Crippen molar-refractivity contribution in [1.82, 2.24) is 15.0 Å². The zero-order valence-corrected chi connectivity index (χ0v) is 16.0. The van der Waals surface area contributed by atoms with Gasteiger partial charge >= 0.3 is 0 Å². The lowest BCUT2D eigenvalue weighted by atomic mass is 10.1. The van der Waals surface area contributed by atoms with Crippen LogP contribution < -0.4 is 5.73 Å². The van der Waals surface area contributed by atoms with E-state index in [4.69, 9.17) is 11.0 Å². The number of anilines is 1. The molecule has 6 heteroatoms. The number of hydrogen-bond acceptors (Lipinski definition) is 6. The minimum absolute atomic E-state index is 0.445. The molecule has 0 unspecified atom stereocenters. The number of rotatable bonds is 4. The van der Waals surface area contributed by atoms with Gasteiger partial charge in [0.2, 0.25) is 0 Å². The first-order valence-corrected chi connectivity index (χ1v) is 8.69. The van der Waals surface area contributed by atoms with Crippen molar-refractivity contribution in [2.24, 2.45) is 5.92 Å². The van der Waals surface area contributed by atoms with Gasteiger partial charge in [0.05, 0.1) is 21.6 Å². The van der Waals surface area contributed by atoms with Gasteiger partial charge in [-0.25, -0.2) is 15.0 Å². The summed E-state index contributed by atoms with van der Waals surface area (Å²) in [5.74, 6) is 1.34. The van der Waals surface area contributed by atoms with Crippen molar-refractivity contribution in [3.8, 4) is 16.6 Å². The molecule has 2 N–H and O–H groups in total. The summed E-state index contributed by atoms with van der Waals surface area (Å²) in [6.45, 7) is 13.8. The van der Waals surface area contributed by atoms with Crippen molar-refractivity contribution in [3.63, 3.8) is 0 Å². The first kappa shape index (κ1) is 21.7. The smallest absolute Gasteiger partial charge is 0.134 e. The van der Waals surface area contributed by atoms with Gasteiger partial charge in [0.15, 0.2) is 0 Å². The van der Waals surface area contributed by atoms with E-state index in [1.165, 1.54) is 26.1 Å². The Kier molecular flexibility index (Phi) is 11.0. The Hall–Kier alpha value is -2.26. The number of hydrogen-bond donors (Lipinski definition) is 1. The molecule has 130 valence electrons. The van der Waals surface area contributed by atoms with Crippen molar-refractivity contribution in [2.75, 3.05) is 5.73 Å². The van der Waals surface area contributed by atoms with Gasteiger partial charge in [-0.05, 0) is 12.8 Å². The molecule has 0 spiro atoms. The standard InChI is InChI=1S/C10H10N4S.C6H14.C2H3N/c1-3-7-9(13-5-14-10(7)11)8-4-12-6(2)15-8;1-4-5-6(2)3;1-2-3/h3-5H,1H2,2H3,(H2,11,13,14);6H,4-5H2,1-3H3;1H3. The molecule has 0 saturated heterocycles. The van der Waals surface area contributed by atoms with Crippen LogP contribution in [0.3, 0.4) is 0 Å². The fourth-order valence-electron chi connectivity index (χ4n) is 1.85.